The average molecular weight is 367 g/mol. The normalized spacial score (nSPS) is 11.0. The maximum Gasteiger partial charge on any atom is 0.139 e. The molecule has 3 rings (SSSR count). The van der Waals surface area contributed by atoms with E-state index in [1.165, 1.54) is 0 Å². The first kappa shape index (κ1) is 13.9. The summed E-state index contributed by atoms with van der Waals surface area (Å²) in [5.41, 5.74) is 3.65. The van der Waals surface area contributed by atoms with Crippen LogP contribution in [0, 0.1) is 6.92 Å². The van der Waals surface area contributed by atoms with Gasteiger partial charge < -0.3 is 0 Å². The summed E-state index contributed by atoms with van der Waals surface area (Å²) in [4.78, 5) is 4.49. The predicted octanol–water partition coefficient (Wildman–Crippen LogP) is 6.28. The second kappa shape index (κ2) is 5.36. The zero-order valence-corrected chi connectivity index (χ0v) is 13.7. The Morgan fingerprint density at radius 1 is 1.05 bits per heavy atom. The smallest absolute Gasteiger partial charge is 0.139 e. The average Bonchev–Trinajstić information content (AvgIpc) is 2.42. The van der Waals surface area contributed by atoms with Gasteiger partial charge in [-0.1, -0.05) is 53.5 Å². The second-order valence-electron chi connectivity index (χ2n) is 4.60. The summed E-state index contributed by atoms with van der Waals surface area (Å²) in [5.74, 6) is 0. The van der Waals surface area contributed by atoms with Gasteiger partial charge >= 0.3 is 0 Å². The molecule has 0 fully saturated rings. The molecule has 20 heavy (non-hydrogen) atoms. The van der Waals surface area contributed by atoms with Crippen LogP contribution < -0.4 is 0 Å². The van der Waals surface area contributed by atoms with Gasteiger partial charge in [0.05, 0.1) is 10.5 Å². The molecule has 100 valence electrons. The summed E-state index contributed by atoms with van der Waals surface area (Å²) in [6.07, 6.45) is 0. The molecule has 0 aliphatic rings. The van der Waals surface area contributed by atoms with Gasteiger partial charge in [-0.3, -0.25) is 0 Å². The Morgan fingerprint density at radius 3 is 2.45 bits per heavy atom. The number of rotatable bonds is 1. The highest BCUT2D eigenvalue weighted by molar-refractivity contribution is 9.10. The summed E-state index contributed by atoms with van der Waals surface area (Å²) < 4.78 is 0.899. The molecule has 0 radical (unpaired) electrons. The molecule has 0 amide bonds. The molecule has 1 nitrogen and oxygen atoms in total. The standard InChI is InChI=1S/C16H10BrCl2N/c1-9-7-11-14(18)13(10-5-3-2-4-6-10)16(19)20-15(11)12(17)8-9/h2-8H,1H3. The minimum atomic E-state index is 0.415. The Kier molecular flexibility index (Phi) is 3.72. The van der Waals surface area contributed by atoms with Crippen molar-refractivity contribution >= 4 is 50.0 Å². The highest BCUT2D eigenvalue weighted by Crippen LogP contribution is 2.40. The van der Waals surface area contributed by atoms with Crippen molar-refractivity contribution in [1.29, 1.82) is 0 Å². The fourth-order valence-corrected chi connectivity index (χ4v) is 3.59. The van der Waals surface area contributed by atoms with Gasteiger partial charge in [-0.15, -0.1) is 0 Å². The molecule has 0 saturated heterocycles. The molecular weight excluding hydrogens is 357 g/mol. The molecule has 0 atom stereocenters. The summed E-state index contributed by atoms with van der Waals surface area (Å²) >= 11 is 16.4. The summed E-state index contributed by atoms with van der Waals surface area (Å²) in [7, 11) is 0. The van der Waals surface area contributed by atoms with Crippen LogP contribution in [0.1, 0.15) is 5.56 Å². The Balaban J connectivity index is 2.40. The third-order valence-electron chi connectivity index (χ3n) is 3.14. The lowest BCUT2D eigenvalue weighted by Gasteiger charge is -2.11. The van der Waals surface area contributed by atoms with Crippen molar-refractivity contribution in [2.45, 2.75) is 6.92 Å². The van der Waals surface area contributed by atoms with Gasteiger partial charge in [-0.25, -0.2) is 4.98 Å². The van der Waals surface area contributed by atoms with Crippen molar-refractivity contribution in [1.82, 2.24) is 4.98 Å². The maximum absolute atomic E-state index is 6.58. The molecule has 0 N–H and O–H groups in total. The van der Waals surface area contributed by atoms with Gasteiger partial charge in [0, 0.05) is 15.4 Å². The Bertz CT molecular complexity index is 801. The van der Waals surface area contributed by atoms with Crippen molar-refractivity contribution in [3.05, 3.63) is 62.7 Å². The van der Waals surface area contributed by atoms with Crippen LogP contribution in [0.2, 0.25) is 10.2 Å². The molecule has 2 aromatic carbocycles. The number of fused-ring (bicyclic) bond motifs is 1. The number of nitrogens with zero attached hydrogens (tertiary/aromatic N) is 1. The van der Waals surface area contributed by atoms with Crippen molar-refractivity contribution in [2.75, 3.05) is 0 Å². The van der Waals surface area contributed by atoms with E-state index in [0.29, 0.717) is 10.2 Å². The van der Waals surface area contributed by atoms with Crippen LogP contribution in [0.3, 0.4) is 0 Å². The van der Waals surface area contributed by atoms with E-state index >= 15 is 0 Å². The lowest BCUT2D eigenvalue weighted by Crippen LogP contribution is -1.90. The predicted molar refractivity (Wildman–Crippen MR) is 89.6 cm³/mol. The summed E-state index contributed by atoms with van der Waals surface area (Å²) in [6.45, 7) is 2.03. The van der Waals surface area contributed by atoms with E-state index in [1.54, 1.807) is 0 Å². The zero-order valence-electron chi connectivity index (χ0n) is 10.6. The molecule has 1 heterocycles. The quantitative estimate of drug-likeness (QED) is 0.462. The van der Waals surface area contributed by atoms with E-state index in [0.717, 1.165) is 32.1 Å². The summed E-state index contributed by atoms with van der Waals surface area (Å²) in [6, 6.07) is 13.9. The van der Waals surface area contributed by atoms with E-state index in [-0.39, 0.29) is 0 Å². The third-order valence-corrected chi connectivity index (χ3v) is 4.41. The number of pyridine rings is 1. The lowest BCUT2D eigenvalue weighted by atomic mass is 10.0. The third kappa shape index (κ3) is 2.32. The van der Waals surface area contributed by atoms with Crippen LogP contribution in [-0.4, -0.2) is 4.98 Å². The van der Waals surface area contributed by atoms with Crippen molar-refractivity contribution < 1.29 is 0 Å². The van der Waals surface area contributed by atoms with E-state index in [4.69, 9.17) is 23.2 Å². The summed E-state index contributed by atoms with van der Waals surface area (Å²) in [5, 5.41) is 1.95. The van der Waals surface area contributed by atoms with Crippen LogP contribution in [0.25, 0.3) is 22.0 Å². The molecule has 0 bridgehead atoms. The number of aryl methyl sites for hydroxylation is 1. The fraction of sp³-hybridized carbons (Fsp3) is 0.0625. The highest BCUT2D eigenvalue weighted by atomic mass is 79.9. The fourth-order valence-electron chi connectivity index (χ4n) is 2.25. The van der Waals surface area contributed by atoms with Gasteiger partial charge in [0.2, 0.25) is 0 Å². The van der Waals surface area contributed by atoms with Crippen molar-refractivity contribution in [3.63, 3.8) is 0 Å². The largest absolute Gasteiger partial charge is 0.234 e. The first-order valence-corrected chi connectivity index (χ1v) is 7.63. The Hall–Kier alpha value is -1.09. The molecular formula is C16H10BrCl2N. The molecule has 3 aromatic rings. The number of halogens is 3. The minimum Gasteiger partial charge on any atom is -0.234 e. The Labute approximate surface area is 135 Å². The van der Waals surface area contributed by atoms with Crippen LogP contribution in [0.15, 0.2) is 46.9 Å². The van der Waals surface area contributed by atoms with E-state index < -0.39 is 0 Å². The van der Waals surface area contributed by atoms with Crippen LogP contribution >= 0.6 is 39.1 Å². The molecule has 0 aliphatic carbocycles. The van der Waals surface area contributed by atoms with Gasteiger partial charge in [-0.2, -0.15) is 0 Å². The minimum absolute atomic E-state index is 0.415. The van der Waals surface area contributed by atoms with Gasteiger partial charge in [0.25, 0.3) is 0 Å². The van der Waals surface area contributed by atoms with Crippen LogP contribution in [0.5, 0.6) is 0 Å². The van der Waals surface area contributed by atoms with Gasteiger partial charge in [-0.05, 0) is 46.1 Å². The van der Waals surface area contributed by atoms with E-state index in [9.17, 15) is 0 Å². The first-order chi connectivity index (χ1) is 9.58. The molecule has 0 unspecified atom stereocenters. The topological polar surface area (TPSA) is 12.9 Å². The van der Waals surface area contributed by atoms with Crippen LogP contribution in [0.4, 0.5) is 0 Å². The SMILES string of the molecule is Cc1cc(Br)c2nc(Cl)c(-c3ccccc3)c(Cl)c2c1. The van der Waals surface area contributed by atoms with E-state index in [1.807, 2.05) is 49.4 Å². The molecule has 1 aromatic heterocycles. The van der Waals surface area contributed by atoms with Gasteiger partial charge in [0.1, 0.15) is 5.15 Å². The Morgan fingerprint density at radius 2 is 1.75 bits per heavy atom. The molecule has 0 aliphatic heterocycles. The first-order valence-electron chi connectivity index (χ1n) is 6.08. The number of hydrogen-bond donors (Lipinski definition) is 0. The number of benzene rings is 2. The molecule has 4 heteroatoms. The molecule has 0 saturated carbocycles. The second-order valence-corrected chi connectivity index (χ2v) is 6.19. The maximum atomic E-state index is 6.58. The zero-order chi connectivity index (χ0) is 14.3. The number of hydrogen-bond acceptors (Lipinski definition) is 1. The monoisotopic (exact) mass is 365 g/mol. The van der Waals surface area contributed by atoms with E-state index in [2.05, 4.69) is 20.9 Å². The van der Waals surface area contributed by atoms with Gasteiger partial charge in [0.15, 0.2) is 0 Å². The number of aromatic nitrogens is 1. The molecule has 0 spiro atoms. The van der Waals surface area contributed by atoms with Crippen molar-refractivity contribution in [2.24, 2.45) is 0 Å². The highest BCUT2D eigenvalue weighted by Gasteiger charge is 2.15. The van der Waals surface area contributed by atoms with Crippen LogP contribution in [-0.2, 0) is 0 Å². The van der Waals surface area contributed by atoms with Crippen molar-refractivity contribution in [3.8, 4) is 11.1 Å². The lowest BCUT2D eigenvalue weighted by molar-refractivity contribution is 1.37.